The molecule has 1 heterocycles. The van der Waals surface area contributed by atoms with Crippen LogP contribution in [0.1, 0.15) is 29.9 Å². The topological polar surface area (TPSA) is 48.4 Å². The van der Waals surface area contributed by atoms with Gasteiger partial charge in [0.15, 0.2) is 0 Å². The molecule has 0 bridgehead atoms. The van der Waals surface area contributed by atoms with Gasteiger partial charge in [0.05, 0.1) is 11.7 Å². The summed E-state index contributed by atoms with van der Waals surface area (Å²) in [6.45, 7) is 1.99. The fraction of sp³-hybridized carbons (Fsp3) is 0.455. The van der Waals surface area contributed by atoms with Crippen LogP contribution in [0.4, 0.5) is 8.78 Å². The summed E-state index contributed by atoms with van der Waals surface area (Å²) in [6, 6.07) is 2.58. The molecule has 1 rings (SSSR count). The molecule has 0 aromatic carbocycles. The fourth-order valence-electron chi connectivity index (χ4n) is 1.19. The number of carbonyl (C=O) groups is 1. The number of esters is 1. The molecule has 94 valence electrons. The third kappa shape index (κ3) is 4.34. The molecule has 0 N–H and O–H groups in total. The molecule has 0 fully saturated rings. The fourth-order valence-corrected chi connectivity index (χ4v) is 1.19. The van der Waals surface area contributed by atoms with Crippen molar-refractivity contribution in [3.63, 3.8) is 0 Å². The average molecular weight is 245 g/mol. The Morgan fingerprint density at radius 2 is 2.00 bits per heavy atom. The second-order valence-corrected chi connectivity index (χ2v) is 3.67. The summed E-state index contributed by atoms with van der Waals surface area (Å²) in [5, 5.41) is 0. The van der Waals surface area contributed by atoms with E-state index in [1.165, 1.54) is 6.07 Å². The van der Waals surface area contributed by atoms with E-state index in [1.807, 2.05) is 0 Å². The second kappa shape index (κ2) is 5.56. The smallest absolute Gasteiger partial charge is 0.388 e. The Bertz CT molecular complexity index is 408. The van der Waals surface area contributed by atoms with Crippen molar-refractivity contribution in [1.82, 2.24) is 4.98 Å². The number of aromatic nitrogens is 1. The van der Waals surface area contributed by atoms with Gasteiger partial charge in [-0.05, 0) is 26.8 Å². The van der Waals surface area contributed by atoms with Gasteiger partial charge in [-0.1, -0.05) is 0 Å². The zero-order chi connectivity index (χ0) is 13.0. The van der Waals surface area contributed by atoms with Gasteiger partial charge in [-0.25, -0.2) is 9.78 Å². The SMILES string of the molecule is Cc1cc(C(=O)OC(C)C)cc(OC(F)F)n1. The number of rotatable bonds is 4. The average Bonchev–Trinajstić information content (AvgIpc) is 2.14. The largest absolute Gasteiger partial charge is 0.459 e. The van der Waals surface area contributed by atoms with Crippen molar-refractivity contribution in [3.05, 3.63) is 23.4 Å². The Morgan fingerprint density at radius 3 is 2.53 bits per heavy atom. The number of hydrogen-bond acceptors (Lipinski definition) is 4. The van der Waals surface area contributed by atoms with Crippen LogP contribution in [-0.2, 0) is 4.74 Å². The lowest BCUT2D eigenvalue weighted by molar-refractivity contribution is -0.0530. The lowest BCUT2D eigenvalue weighted by atomic mass is 10.2. The standard InChI is InChI=1S/C11H13F2NO3/c1-6(2)16-10(15)8-4-7(3)14-9(5-8)17-11(12)13/h4-6,11H,1-3H3. The summed E-state index contributed by atoms with van der Waals surface area (Å²) in [7, 11) is 0. The number of nitrogens with zero attached hydrogens (tertiary/aromatic N) is 1. The first-order valence-corrected chi connectivity index (χ1v) is 5.03. The highest BCUT2D eigenvalue weighted by Gasteiger charge is 2.14. The molecule has 0 saturated carbocycles. The van der Waals surface area contributed by atoms with E-state index in [2.05, 4.69) is 9.72 Å². The number of pyridine rings is 1. The van der Waals surface area contributed by atoms with Crippen LogP contribution in [-0.4, -0.2) is 23.7 Å². The third-order valence-electron chi connectivity index (χ3n) is 1.72. The minimum absolute atomic E-state index is 0.141. The molecule has 6 heteroatoms. The van der Waals surface area contributed by atoms with Crippen LogP contribution in [0.3, 0.4) is 0 Å². The van der Waals surface area contributed by atoms with Crippen molar-refractivity contribution in [3.8, 4) is 5.88 Å². The molecule has 4 nitrogen and oxygen atoms in total. The van der Waals surface area contributed by atoms with Gasteiger partial charge >= 0.3 is 12.6 Å². The first kappa shape index (κ1) is 13.3. The molecule has 0 saturated heterocycles. The first-order chi connectivity index (χ1) is 7.88. The van der Waals surface area contributed by atoms with E-state index >= 15 is 0 Å². The summed E-state index contributed by atoms with van der Waals surface area (Å²) in [4.78, 5) is 15.3. The van der Waals surface area contributed by atoms with E-state index in [4.69, 9.17) is 4.74 Å². The van der Waals surface area contributed by atoms with Crippen LogP contribution >= 0.6 is 0 Å². The summed E-state index contributed by atoms with van der Waals surface area (Å²) in [5.74, 6) is -0.889. The number of alkyl halides is 2. The monoisotopic (exact) mass is 245 g/mol. The molecule has 17 heavy (non-hydrogen) atoms. The molecule has 0 radical (unpaired) electrons. The van der Waals surface area contributed by atoms with E-state index in [0.29, 0.717) is 5.69 Å². The van der Waals surface area contributed by atoms with E-state index in [1.54, 1.807) is 20.8 Å². The van der Waals surface area contributed by atoms with E-state index in [0.717, 1.165) is 6.07 Å². The maximum Gasteiger partial charge on any atom is 0.388 e. The Morgan fingerprint density at radius 1 is 1.35 bits per heavy atom. The number of aryl methyl sites for hydroxylation is 1. The van der Waals surface area contributed by atoms with Gasteiger partial charge in [-0.3, -0.25) is 0 Å². The van der Waals surface area contributed by atoms with Gasteiger partial charge in [-0.2, -0.15) is 8.78 Å². The summed E-state index contributed by atoms with van der Waals surface area (Å²) in [6.07, 6.45) is -0.282. The van der Waals surface area contributed by atoms with Crippen molar-refractivity contribution in [2.45, 2.75) is 33.5 Å². The normalized spacial score (nSPS) is 10.8. The van der Waals surface area contributed by atoms with Gasteiger partial charge in [0.1, 0.15) is 0 Å². The van der Waals surface area contributed by atoms with Gasteiger partial charge < -0.3 is 9.47 Å². The zero-order valence-corrected chi connectivity index (χ0v) is 9.74. The van der Waals surface area contributed by atoms with Gasteiger partial charge in [0.2, 0.25) is 5.88 Å². The van der Waals surface area contributed by atoms with Crippen molar-refractivity contribution < 1.29 is 23.0 Å². The Balaban J connectivity index is 2.92. The molecule has 0 aliphatic rings. The van der Waals surface area contributed by atoms with Crippen molar-refractivity contribution in [1.29, 1.82) is 0 Å². The van der Waals surface area contributed by atoms with Crippen LogP contribution in [0.25, 0.3) is 0 Å². The molecule has 1 aromatic heterocycles. The van der Waals surface area contributed by atoms with Crippen LogP contribution in [0.5, 0.6) is 5.88 Å². The second-order valence-electron chi connectivity index (χ2n) is 3.67. The lowest BCUT2D eigenvalue weighted by Gasteiger charge is -2.10. The lowest BCUT2D eigenvalue weighted by Crippen LogP contribution is -2.13. The number of hydrogen-bond donors (Lipinski definition) is 0. The number of ether oxygens (including phenoxy) is 2. The van der Waals surface area contributed by atoms with Gasteiger partial charge in [-0.15, -0.1) is 0 Å². The minimum atomic E-state index is -2.97. The highest BCUT2D eigenvalue weighted by Crippen LogP contribution is 2.16. The highest BCUT2D eigenvalue weighted by atomic mass is 19.3. The Labute approximate surface area is 97.6 Å². The predicted octanol–water partition coefficient (Wildman–Crippen LogP) is 2.56. The molecule has 1 aromatic rings. The molecular formula is C11H13F2NO3. The molecule has 0 unspecified atom stereocenters. The maximum atomic E-state index is 12.0. The molecule has 0 spiro atoms. The van der Waals surface area contributed by atoms with Crippen molar-refractivity contribution in [2.75, 3.05) is 0 Å². The number of halogens is 2. The molecule has 0 aliphatic heterocycles. The molecule has 0 amide bonds. The molecular weight excluding hydrogens is 232 g/mol. The maximum absolute atomic E-state index is 12.0. The van der Waals surface area contributed by atoms with Crippen molar-refractivity contribution >= 4 is 5.97 Å². The predicted molar refractivity (Wildman–Crippen MR) is 56.2 cm³/mol. The first-order valence-electron chi connectivity index (χ1n) is 5.03. The van der Waals surface area contributed by atoms with E-state index in [9.17, 15) is 13.6 Å². The van der Waals surface area contributed by atoms with Gasteiger partial charge in [0.25, 0.3) is 0 Å². The van der Waals surface area contributed by atoms with Crippen LogP contribution < -0.4 is 4.74 Å². The van der Waals surface area contributed by atoms with Gasteiger partial charge in [0, 0.05) is 11.8 Å². The van der Waals surface area contributed by atoms with Crippen molar-refractivity contribution in [2.24, 2.45) is 0 Å². The summed E-state index contributed by atoms with van der Waals surface area (Å²) < 4.78 is 33.1. The zero-order valence-electron chi connectivity index (χ0n) is 9.74. The molecule has 0 atom stereocenters. The third-order valence-corrected chi connectivity index (χ3v) is 1.72. The van der Waals surface area contributed by atoms with E-state index < -0.39 is 12.6 Å². The van der Waals surface area contributed by atoms with Crippen LogP contribution in [0.2, 0.25) is 0 Å². The molecule has 0 aliphatic carbocycles. The van der Waals surface area contributed by atoms with Crippen LogP contribution in [0, 0.1) is 6.92 Å². The number of carbonyl (C=O) groups excluding carboxylic acids is 1. The quantitative estimate of drug-likeness (QED) is 0.765. The van der Waals surface area contributed by atoms with E-state index in [-0.39, 0.29) is 17.5 Å². The highest BCUT2D eigenvalue weighted by molar-refractivity contribution is 5.89. The Hall–Kier alpha value is -1.72. The minimum Gasteiger partial charge on any atom is -0.459 e. The summed E-state index contributed by atoms with van der Waals surface area (Å²) in [5.41, 5.74) is 0.542. The Kier molecular flexibility index (Phi) is 4.37. The van der Waals surface area contributed by atoms with Crippen LogP contribution in [0.15, 0.2) is 12.1 Å². The summed E-state index contributed by atoms with van der Waals surface area (Å²) >= 11 is 0.